The minimum atomic E-state index is 0.290. The molecule has 3 nitrogen and oxygen atoms in total. The zero-order chi connectivity index (χ0) is 15.2. The van der Waals surface area contributed by atoms with E-state index in [1.807, 2.05) is 12.4 Å². The van der Waals surface area contributed by atoms with Crippen LogP contribution in [-0.4, -0.2) is 34.2 Å². The molecule has 1 atom stereocenters. The summed E-state index contributed by atoms with van der Waals surface area (Å²) >= 11 is 0. The van der Waals surface area contributed by atoms with Gasteiger partial charge in [0.25, 0.3) is 0 Å². The van der Waals surface area contributed by atoms with Gasteiger partial charge in [-0.25, -0.2) is 0 Å². The Balaban J connectivity index is 1.75. The number of nitrogens with zero attached hydrogens (tertiary/aromatic N) is 2. The minimum Gasteiger partial charge on any atom is -0.396 e. The lowest BCUT2D eigenvalue weighted by Gasteiger charge is -2.35. The molecular weight excluding hydrogens is 272 g/mol. The van der Waals surface area contributed by atoms with Crippen molar-refractivity contribution >= 4 is 0 Å². The van der Waals surface area contributed by atoms with Crippen molar-refractivity contribution in [2.24, 2.45) is 0 Å². The van der Waals surface area contributed by atoms with Crippen LogP contribution in [-0.2, 0) is 6.54 Å². The first-order valence-corrected chi connectivity index (χ1v) is 8.21. The first-order valence-electron chi connectivity index (χ1n) is 8.21. The van der Waals surface area contributed by atoms with E-state index in [1.54, 1.807) is 0 Å². The van der Waals surface area contributed by atoms with Gasteiger partial charge in [-0.15, -0.1) is 0 Å². The van der Waals surface area contributed by atoms with Crippen LogP contribution in [0.4, 0.5) is 0 Å². The molecular formula is C19H24N2O. The molecule has 1 fully saturated rings. The zero-order valence-corrected chi connectivity index (χ0v) is 13.0. The Bertz CT molecular complexity index is 583. The average molecular weight is 296 g/mol. The SMILES string of the molecule is OCCC1CCCCN1Cc1cccc(-c2ccncc2)c1. The molecule has 0 spiro atoms. The molecule has 2 aromatic rings. The van der Waals surface area contributed by atoms with Gasteiger partial charge in [0.1, 0.15) is 0 Å². The van der Waals surface area contributed by atoms with Gasteiger partial charge in [0.2, 0.25) is 0 Å². The molecule has 0 saturated carbocycles. The Kier molecular flexibility index (Phi) is 5.20. The van der Waals surface area contributed by atoms with E-state index in [4.69, 9.17) is 0 Å². The van der Waals surface area contributed by atoms with Crippen LogP contribution in [0.15, 0.2) is 48.8 Å². The molecule has 1 aliphatic heterocycles. The van der Waals surface area contributed by atoms with Gasteiger partial charge in [-0.2, -0.15) is 0 Å². The molecule has 1 N–H and O–H groups in total. The number of hydrogen-bond acceptors (Lipinski definition) is 3. The Morgan fingerprint density at radius 3 is 2.77 bits per heavy atom. The van der Waals surface area contributed by atoms with Crippen LogP contribution in [0.5, 0.6) is 0 Å². The van der Waals surface area contributed by atoms with Gasteiger partial charge in [0.05, 0.1) is 0 Å². The van der Waals surface area contributed by atoms with Crippen LogP contribution in [0, 0.1) is 0 Å². The predicted octanol–water partition coefficient (Wildman–Crippen LogP) is 3.49. The molecule has 3 heteroatoms. The molecule has 0 radical (unpaired) electrons. The number of rotatable bonds is 5. The average Bonchev–Trinajstić information content (AvgIpc) is 2.58. The molecule has 3 rings (SSSR count). The summed E-state index contributed by atoms with van der Waals surface area (Å²) in [6.45, 7) is 2.41. The maximum atomic E-state index is 9.26. The number of aliphatic hydroxyl groups excluding tert-OH is 1. The third-order valence-electron chi connectivity index (χ3n) is 4.54. The summed E-state index contributed by atoms with van der Waals surface area (Å²) in [5.41, 5.74) is 3.80. The highest BCUT2D eigenvalue weighted by Crippen LogP contribution is 2.24. The lowest BCUT2D eigenvalue weighted by Crippen LogP contribution is -2.39. The van der Waals surface area contributed by atoms with Gasteiger partial charge in [0, 0.05) is 31.6 Å². The second kappa shape index (κ2) is 7.52. The summed E-state index contributed by atoms with van der Waals surface area (Å²) < 4.78 is 0. The van der Waals surface area contributed by atoms with Gasteiger partial charge < -0.3 is 5.11 Å². The van der Waals surface area contributed by atoms with E-state index in [2.05, 4.69) is 46.3 Å². The van der Waals surface area contributed by atoms with Gasteiger partial charge in [-0.1, -0.05) is 24.6 Å². The maximum Gasteiger partial charge on any atom is 0.0445 e. The molecule has 1 aliphatic rings. The third kappa shape index (κ3) is 3.73. The summed E-state index contributed by atoms with van der Waals surface area (Å²) in [7, 11) is 0. The molecule has 2 heterocycles. The number of aliphatic hydroxyl groups is 1. The van der Waals surface area contributed by atoms with Crippen LogP contribution in [0.1, 0.15) is 31.2 Å². The largest absolute Gasteiger partial charge is 0.396 e. The second-order valence-electron chi connectivity index (χ2n) is 6.07. The molecule has 0 bridgehead atoms. The fraction of sp³-hybridized carbons (Fsp3) is 0.421. The fourth-order valence-corrected chi connectivity index (χ4v) is 3.37. The number of piperidine rings is 1. The second-order valence-corrected chi connectivity index (χ2v) is 6.07. The first-order chi connectivity index (χ1) is 10.9. The highest BCUT2D eigenvalue weighted by Gasteiger charge is 2.21. The topological polar surface area (TPSA) is 36.4 Å². The Morgan fingerprint density at radius 2 is 1.95 bits per heavy atom. The standard InChI is InChI=1S/C19H24N2O/c22-13-9-19-6-1-2-12-21(19)15-16-4-3-5-18(14-16)17-7-10-20-11-8-17/h3-5,7-8,10-11,14,19,22H,1-2,6,9,12-13,15H2. The van der Waals surface area contributed by atoms with E-state index in [-0.39, 0.29) is 6.61 Å². The van der Waals surface area contributed by atoms with E-state index in [0.29, 0.717) is 6.04 Å². The van der Waals surface area contributed by atoms with Crippen LogP contribution >= 0.6 is 0 Å². The van der Waals surface area contributed by atoms with Crippen molar-refractivity contribution in [3.05, 3.63) is 54.4 Å². The monoisotopic (exact) mass is 296 g/mol. The van der Waals surface area contributed by atoms with Crippen LogP contribution in [0.25, 0.3) is 11.1 Å². The van der Waals surface area contributed by atoms with E-state index < -0.39 is 0 Å². The van der Waals surface area contributed by atoms with Gasteiger partial charge in [0.15, 0.2) is 0 Å². The minimum absolute atomic E-state index is 0.290. The Labute approximate surface area is 132 Å². The summed E-state index contributed by atoms with van der Waals surface area (Å²) in [5.74, 6) is 0. The van der Waals surface area contributed by atoms with E-state index in [1.165, 1.54) is 36.0 Å². The zero-order valence-electron chi connectivity index (χ0n) is 13.0. The molecule has 1 aromatic heterocycles. The molecule has 0 amide bonds. The Morgan fingerprint density at radius 1 is 1.09 bits per heavy atom. The van der Waals surface area contributed by atoms with Crippen molar-refractivity contribution < 1.29 is 5.11 Å². The van der Waals surface area contributed by atoms with Crippen molar-refractivity contribution in [2.75, 3.05) is 13.2 Å². The lowest BCUT2D eigenvalue weighted by atomic mass is 9.98. The molecule has 22 heavy (non-hydrogen) atoms. The van der Waals surface area contributed by atoms with Crippen LogP contribution < -0.4 is 0 Å². The number of hydrogen-bond donors (Lipinski definition) is 1. The van der Waals surface area contributed by atoms with Gasteiger partial charge in [-0.05, 0) is 60.7 Å². The van der Waals surface area contributed by atoms with Crippen molar-refractivity contribution in [1.82, 2.24) is 9.88 Å². The molecule has 1 saturated heterocycles. The smallest absolute Gasteiger partial charge is 0.0445 e. The summed E-state index contributed by atoms with van der Waals surface area (Å²) in [6, 6.07) is 13.4. The quantitative estimate of drug-likeness (QED) is 0.917. The molecule has 116 valence electrons. The number of likely N-dealkylation sites (tertiary alicyclic amines) is 1. The number of benzene rings is 1. The fourth-order valence-electron chi connectivity index (χ4n) is 3.37. The maximum absolute atomic E-state index is 9.26. The predicted molar refractivity (Wildman–Crippen MR) is 89.4 cm³/mol. The summed E-state index contributed by atoms with van der Waals surface area (Å²) in [5, 5.41) is 9.26. The lowest BCUT2D eigenvalue weighted by molar-refractivity contribution is 0.112. The molecule has 0 aliphatic carbocycles. The summed E-state index contributed by atoms with van der Waals surface area (Å²) in [4.78, 5) is 6.62. The Hall–Kier alpha value is -1.71. The van der Waals surface area contributed by atoms with Gasteiger partial charge in [-0.3, -0.25) is 9.88 Å². The van der Waals surface area contributed by atoms with E-state index >= 15 is 0 Å². The third-order valence-corrected chi connectivity index (χ3v) is 4.54. The normalized spacial score (nSPS) is 19.2. The van der Waals surface area contributed by atoms with Crippen LogP contribution in [0.2, 0.25) is 0 Å². The van der Waals surface area contributed by atoms with Crippen molar-refractivity contribution in [1.29, 1.82) is 0 Å². The number of pyridine rings is 1. The van der Waals surface area contributed by atoms with Crippen molar-refractivity contribution in [3.8, 4) is 11.1 Å². The highest BCUT2D eigenvalue weighted by molar-refractivity contribution is 5.63. The molecule has 1 aromatic carbocycles. The van der Waals surface area contributed by atoms with Crippen molar-refractivity contribution in [3.63, 3.8) is 0 Å². The first kappa shape index (κ1) is 15.2. The van der Waals surface area contributed by atoms with Crippen LogP contribution in [0.3, 0.4) is 0 Å². The van der Waals surface area contributed by atoms with Gasteiger partial charge >= 0.3 is 0 Å². The van der Waals surface area contributed by atoms with E-state index in [0.717, 1.165) is 19.5 Å². The van der Waals surface area contributed by atoms with Crippen molar-refractivity contribution in [2.45, 2.75) is 38.3 Å². The summed E-state index contributed by atoms with van der Waals surface area (Å²) in [6.07, 6.45) is 8.34. The molecule has 1 unspecified atom stereocenters. The van der Waals surface area contributed by atoms with E-state index in [9.17, 15) is 5.11 Å². The number of aromatic nitrogens is 1. The highest BCUT2D eigenvalue weighted by atomic mass is 16.3.